The van der Waals surface area contributed by atoms with Crippen LogP contribution in [0.5, 0.6) is 0 Å². The molecule has 0 saturated heterocycles. The van der Waals surface area contributed by atoms with E-state index in [1.54, 1.807) is 0 Å². The van der Waals surface area contributed by atoms with Crippen molar-refractivity contribution in [1.29, 1.82) is 0 Å². The summed E-state index contributed by atoms with van der Waals surface area (Å²) in [6.07, 6.45) is 1.09. The molecule has 0 rings (SSSR count). The molecule has 0 saturated carbocycles. The third-order valence-electron chi connectivity index (χ3n) is 1.60. The van der Waals surface area contributed by atoms with Crippen molar-refractivity contribution in [2.75, 3.05) is 32.2 Å². The average molecular weight is 194 g/mol. The molecule has 74 valence electrons. The van der Waals surface area contributed by atoms with Crippen LogP contribution in [0.3, 0.4) is 0 Å². The second-order valence-corrected chi connectivity index (χ2v) is 3.32. The van der Waals surface area contributed by atoms with Crippen LogP contribution in [0.15, 0.2) is 0 Å². The van der Waals surface area contributed by atoms with E-state index in [1.807, 2.05) is 6.92 Å². The Hall–Kier alpha value is 0.210. The summed E-state index contributed by atoms with van der Waals surface area (Å²) in [6.45, 7) is 7.87. The van der Waals surface area contributed by atoms with E-state index >= 15 is 0 Å². The lowest BCUT2D eigenvalue weighted by Gasteiger charge is -2.08. The van der Waals surface area contributed by atoms with Crippen molar-refractivity contribution in [3.05, 3.63) is 0 Å². The van der Waals surface area contributed by atoms with E-state index in [0.29, 0.717) is 5.92 Å². The Bertz CT molecular complexity index is 90.6. The number of hydrogen-bond donors (Lipinski definition) is 1. The van der Waals surface area contributed by atoms with E-state index in [0.717, 1.165) is 38.6 Å². The molecule has 2 nitrogen and oxygen atoms in total. The van der Waals surface area contributed by atoms with E-state index in [2.05, 4.69) is 12.2 Å². The summed E-state index contributed by atoms with van der Waals surface area (Å²) in [5.74, 6) is 1.30. The van der Waals surface area contributed by atoms with Gasteiger partial charge in [-0.05, 0) is 32.4 Å². The van der Waals surface area contributed by atoms with Crippen LogP contribution in [0, 0.1) is 5.92 Å². The van der Waals surface area contributed by atoms with Crippen molar-refractivity contribution in [2.24, 2.45) is 5.92 Å². The van der Waals surface area contributed by atoms with E-state index in [4.69, 9.17) is 16.3 Å². The molecular weight excluding hydrogens is 174 g/mol. The van der Waals surface area contributed by atoms with Crippen LogP contribution in [0.25, 0.3) is 0 Å². The molecule has 0 heterocycles. The lowest BCUT2D eigenvalue weighted by molar-refractivity contribution is 0.144. The maximum absolute atomic E-state index is 5.65. The van der Waals surface area contributed by atoms with E-state index in [-0.39, 0.29) is 0 Å². The van der Waals surface area contributed by atoms with Gasteiger partial charge in [0.25, 0.3) is 0 Å². The SMILES string of the molecule is CCOCCCNCC(C)CCl. The molecule has 12 heavy (non-hydrogen) atoms. The molecule has 0 bridgehead atoms. The Balaban J connectivity index is 2.90. The summed E-state index contributed by atoms with van der Waals surface area (Å²) < 4.78 is 5.20. The molecule has 0 aliphatic carbocycles. The van der Waals surface area contributed by atoms with Gasteiger partial charge in [-0.2, -0.15) is 0 Å². The molecule has 0 spiro atoms. The first-order chi connectivity index (χ1) is 5.81. The van der Waals surface area contributed by atoms with Crippen molar-refractivity contribution < 1.29 is 4.74 Å². The van der Waals surface area contributed by atoms with Gasteiger partial charge in [0.05, 0.1) is 0 Å². The lowest BCUT2D eigenvalue weighted by atomic mass is 10.2. The molecule has 0 amide bonds. The minimum atomic E-state index is 0.568. The zero-order chi connectivity index (χ0) is 9.23. The molecule has 0 aromatic carbocycles. The van der Waals surface area contributed by atoms with Crippen LogP contribution < -0.4 is 5.32 Å². The Morgan fingerprint density at radius 1 is 1.50 bits per heavy atom. The topological polar surface area (TPSA) is 21.3 Å². The molecule has 0 aliphatic heterocycles. The minimum Gasteiger partial charge on any atom is -0.382 e. The van der Waals surface area contributed by atoms with Gasteiger partial charge in [0, 0.05) is 19.1 Å². The Morgan fingerprint density at radius 2 is 2.25 bits per heavy atom. The number of rotatable bonds is 8. The second-order valence-electron chi connectivity index (χ2n) is 3.01. The Labute approximate surface area is 80.6 Å². The lowest BCUT2D eigenvalue weighted by Crippen LogP contribution is -2.23. The quantitative estimate of drug-likeness (QED) is 0.470. The molecule has 0 aliphatic rings. The first kappa shape index (κ1) is 12.2. The summed E-state index contributed by atoms with van der Waals surface area (Å²) >= 11 is 5.65. The van der Waals surface area contributed by atoms with Crippen LogP contribution in [0.1, 0.15) is 20.3 Å². The van der Waals surface area contributed by atoms with Crippen LogP contribution in [0.4, 0.5) is 0 Å². The molecule has 1 unspecified atom stereocenters. The van der Waals surface area contributed by atoms with Gasteiger partial charge in [-0.25, -0.2) is 0 Å². The normalized spacial score (nSPS) is 13.2. The molecule has 1 atom stereocenters. The van der Waals surface area contributed by atoms with Crippen LogP contribution >= 0.6 is 11.6 Å². The van der Waals surface area contributed by atoms with Gasteiger partial charge >= 0.3 is 0 Å². The Kier molecular flexibility index (Phi) is 9.46. The Morgan fingerprint density at radius 3 is 2.83 bits per heavy atom. The van der Waals surface area contributed by atoms with Crippen molar-refractivity contribution in [2.45, 2.75) is 20.3 Å². The highest BCUT2D eigenvalue weighted by Gasteiger charge is 1.97. The maximum Gasteiger partial charge on any atom is 0.0477 e. The standard InChI is InChI=1S/C9H20ClNO/c1-3-12-6-4-5-11-8-9(2)7-10/h9,11H,3-8H2,1-2H3. The van der Waals surface area contributed by atoms with Gasteiger partial charge in [0.15, 0.2) is 0 Å². The van der Waals surface area contributed by atoms with Gasteiger partial charge < -0.3 is 10.1 Å². The van der Waals surface area contributed by atoms with Crippen molar-refractivity contribution in [1.82, 2.24) is 5.32 Å². The van der Waals surface area contributed by atoms with E-state index in [9.17, 15) is 0 Å². The van der Waals surface area contributed by atoms with Crippen molar-refractivity contribution >= 4 is 11.6 Å². The highest BCUT2D eigenvalue weighted by molar-refractivity contribution is 6.18. The number of alkyl halides is 1. The van der Waals surface area contributed by atoms with Crippen molar-refractivity contribution in [3.8, 4) is 0 Å². The zero-order valence-electron chi connectivity index (χ0n) is 8.11. The highest BCUT2D eigenvalue weighted by Crippen LogP contribution is 1.94. The molecular formula is C9H20ClNO. The largest absolute Gasteiger partial charge is 0.382 e. The predicted octanol–water partition coefficient (Wildman–Crippen LogP) is 1.88. The average Bonchev–Trinajstić information content (AvgIpc) is 2.10. The molecule has 1 N–H and O–H groups in total. The van der Waals surface area contributed by atoms with Gasteiger partial charge in [0.1, 0.15) is 0 Å². The molecule has 0 radical (unpaired) electrons. The number of nitrogens with one attached hydrogen (secondary N) is 1. The highest BCUT2D eigenvalue weighted by atomic mass is 35.5. The molecule has 0 aromatic heterocycles. The molecule has 0 aromatic rings. The fourth-order valence-electron chi connectivity index (χ4n) is 0.847. The van der Waals surface area contributed by atoms with Gasteiger partial charge in [-0.3, -0.25) is 0 Å². The van der Waals surface area contributed by atoms with Crippen LogP contribution in [-0.2, 0) is 4.74 Å². The number of halogens is 1. The van der Waals surface area contributed by atoms with Crippen molar-refractivity contribution in [3.63, 3.8) is 0 Å². The monoisotopic (exact) mass is 193 g/mol. The van der Waals surface area contributed by atoms with E-state index in [1.165, 1.54) is 0 Å². The maximum atomic E-state index is 5.65. The number of ether oxygens (including phenoxy) is 1. The van der Waals surface area contributed by atoms with Crippen LogP contribution in [-0.4, -0.2) is 32.2 Å². The smallest absolute Gasteiger partial charge is 0.0477 e. The first-order valence-electron chi connectivity index (χ1n) is 4.65. The van der Waals surface area contributed by atoms with Crippen LogP contribution in [0.2, 0.25) is 0 Å². The van der Waals surface area contributed by atoms with E-state index < -0.39 is 0 Å². The summed E-state index contributed by atoms with van der Waals surface area (Å²) in [4.78, 5) is 0. The summed E-state index contributed by atoms with van der Waals surface area (Å²) in [5, 5.41) is 3.33. The summed E-state index contributed by atoms with van der Waals surface area (Å²) in [5.41, 5.74) is 0. The molecule has 3 heteroatoms. The van der Waals surface area contributed by atoms with Gasteiger partial charge in [-0.15, -0.1) is 11.6 Å². The second kappa shape index (κ2) is 9.30. The predicted molar refractivity (Wildman–Crippen MR) is 53.9 cm³/mol. The zero-order valence-corrected chi connectivity index (χ0v) is 8.86. The summed E-state index contributed by atoms with van der Waals surface area (Å²) in [6, 6.07) is 0. The third kappa shape index (κ3) is 8.31. The van der Waals surface area contributed by atoms with Gasteiger partial charge in [0.2, 0.25) is 0 Å². The van der Waals surface area contributed by atoms with Gasteiger partial charge in [-0.1, -0.05) is 6.92 Å². The minimum absolute atomic E-state index is 0.568. The third-order valence-corrected chi connectivity index (χ3v) is 2.13. The first-order valence-corrected chi connectivity index (χ1v) is 5.19. The fraction of sp³-hybridized carbons (Fsp3) is 1.00. The summed E-state index contributed by atoms with van der Waals surface area (Å²) in [7, 11) is 0. The molecule has 0 fully saturated rings. The number of hydrogen-bond acceptors (Lipinski definition) is 2. The fourth-order valence-corrected chi connectivity index (χ4v) is 0.956.